The zero-order valence-corrected chi connectivity index (χ0v) is 11.8. The average Bonchev–Trinajstić information content (AvgIpc) is 2.90. The van der Waals surface area contributed by atoms with E-state index in [1.54, 1.807) is 24.3 Å². The quantitative estimate of drug-likeness (QED) is 0.494. The Morgan fingerprint density at radius 2 is 1.76 bits per heavy atom. The minimum atomic E-state index is -0.373. The number of anilines is 1. The van der Waals surface area contributed by atoms with E-state index in [9.17, 15) is 10.1 Å². The summed E-state index contributed by atoms with van der Waals surface area (Å²) in [7, 11) is 2.06. The van der Waals surface area contributed by atoms with Gasteiger partial charge in [-0.2, -0.15) is 0 Å². The van der Waals surface area contributed by atoms with Crippen molar-refractivity contribution in [3.63, 3.8) is 0 Å². The van der Waals surface area contributed by atoms with Gasteiger partial charge in [0.05, 0.1) is 17.5 Å². The van der Waals surface area contributed by atoms with Crippen molar-refractivity contribution in [1.82, 2.24) is 0 Å². The Morgan fingerprint density at radius 3 is 2.38 bits per heavy atom. The smallest absolute Gasteiger partial charge is 0.260 e. The lowest BCUT2D eigenvalue weighted by atomic mass is 10.1. The van der Waals surface area contributed by atoms with Crippen molar-refractivity contribution in [2.75, 3.05) is 25.0 Å². The SMILES string of the molecule is C[N+]1=C(c2ccccc2)N(c2ccc([N+](=O)[O-])cc2)CC1. The topological polar surface area (TPSA) is 49.4 Å². The number of non-ortho nitro benzene ring substituents is 1. The van der Waals surface area contributed by atoms with Gasteiger partial charge in [-0.05, 0) is 24.3 Å². The maximum absolute atomic E-state index is 10.7. The molecule has 0 saturated carbocycles. The largest absolute Gasteiger partial charge is 0.284 e. The highest BCUT2D eigenvalue weighted by molar-refractivity contribution is 6.07. The maximum Gasteiger partial charge on any atom is 0.284 e. The van der Waals surface area contributed by atoms with Crippen LogP contribution < -0.4 is 4.90 Å². The minimum absolute atomic E-state index is 0.118. The number of hydrogen-bond acceptors (Lipinski definition) is 3. The summed E-state index contributed by atoms with van der Waals surface area (Å²) in [6.45, 7) is 1.81. The van der Waals surface area contributed by atoms with Crippen LogP contribution in [0.3, 0.4) is 0 Å². The zero-order chi connectivity index (χ0) is 14.8. The van der Waals surface area contributed by atoms with E-state index in [1.807, 2.05) is 18.2 Å². The van der Waals surface area contributed by atoms with E-state index in [2.05, 4.69) is 28.7 Å². The van der Waals surface area contributed by atoms with Crippen molar-refractivity contribution in [3.05, 3.63) is 70.3 Å². The van der Waals surface area contributed by atoms with Crippen LogP contribution in [-0.2, 0) is 0 Å². The van der Waals surface area contributed by atoms with E-state index in [0.717, 1.165) is 30.2 Å². The van der Waals surface area contributed by atoms with Gasteiger partial charge in [-0.25, -0.2) is 4.90 Å². The summed E-state index contributed by atoms with van der Waals surface area (Å²) in [5.74, 6) is 1.13. The molecule has 0 aromatic heterocycles. The highest BCUT2D eigenvalue weighted by Crippen LogP contribution is 2.23. The predicted molar refractivity (Wildman–Crippen MR) is 82.0 cm³/mol. The number of nitro groups is 1. The minimum Gasteiger partial charge on any atom is -0.260 e. The number of hydrogen-bond donors (Lipinski definition) is 0. The molecule has 5 heteroatoms. The van der Waals surface area contributed by atoms with Gasteiger partial charge in [-0.3, -0.25) is 14.7 Å². The first kappa shape index (κ1) is 13.3. The molecular formula is C16H16N3O2+. The average molecular weight is 282 g/mol. The van der Waals surface area contributed by atoms with Crippen LogP contribution in [0.4, 0.5) is 11.4 Å². The van der Waals surface area contributed by atoms with E-state index in [-0.39, 0.29) is 10.6 Å². The highest BCUT2D eigenvalue weighted by Gasteiger charge is 2.31. The third-order valence-electron chi connectivity index (χ3n) is 3.68. The van der Waals surface area contributed by atoms with Crippen LogP contribution in [0.2, 0.25) is 0 Å². The lowest BCUT2D eigenvalue weighted by Gasteiger charge is -2.12. The fourth-order valence-electron chi connectivity index (χ4n) is 2.64. The predicted octanol–water partition coefficient (Wildman–Crippen LogP) is 2.50. The van der Waals surface area contributed by atoms with E-state index < -0.39 is 0 Å². The summed E-state index contributed by atoms with van der Waals surface area (Å²) in [6, 6.07) is 16.9. The Hall–Kier alpha value is -2.69. The Balaban J connectivity index is 1.97. The molecular weight excluding hydrogens is 266 g/mol. The summed E-state index contributed by atoms with van der Waals surface area (Å²) in [5, 5.41) is 10.7. The van der Waals surface area contributed by atoms with Crippen molar-refractivity contribution in [2.45, 2.75) is 0 Å². The van der Waals surface area contributed by atoms with Gasteiger partial charge in [-0.1, -0.05) is 18.2 Å². The third kappa shape index (κ3) is 2.50. The molecule has 0 bridgehead atoms. The molecule has 0 atom stereocenters. The van der Waals surface area contributed by atoms with Crippen LogP contribution in [0.1, 0.15) is 5.56 Å². The molecule has 0 fully saturated rings. The van der Waals surface area contributed by atoms with E-state index in [0.29, 0.717) is 0 Å². The van der Waals surface area contributed by atoms with Gasteiger partial charge < -0.3 is 0 Å². The van der Waals surface area contributed by atoms with Gasteiger partial charge in [-0.15, -0.1) is 0 Å². The van der Waals surface area contributed by atoms with Gasteiger partial charge in [0.15, 0.2) is 0 Å². The molecule has 3 rings (SSSR count). The lowest BCUT2D eigenvalue weighted by Crippen LogP contribution is -2.29. The van der Waals surface area contributed by atoms with Crippen molar-refractivity contribution in [2.24, 2.45) is 0 Å². The Morgan fingerprint density at radius 1 is 1.10 bits per heavy atom. The number of benzene rings is 2. The van der Waals surface area contributed by atoms with Crippen LogP contribution in [0, 0.1) is 10.1 Å². The van der Waals surface area contributed by atoms with Crippen LogP contribution in [-0.4, -0.2) is 35.5 Å². The van der Waals surface area contributed by atoms with Crippen molar-refractivity contribution < 1.29 is 9.50 Å². The Bertz CT molecular complexity index is 693. The summed E-state index contributed by atoms with van der Waals surface area (Å²) in [5.41, 5.74) is 2.24. The van der Waals surface area contributed by atoms with Crippen molar-refractivity contribution in [3.8, 4) is 0 Å². The summed E-state index contributed by atoms with van der Waals surface area (Å²) in [4.78, 5) is 12.6. The van der Waals surface area contributed by atoms with E-state index >= 15 is 0 Å². The number of nitrogens with zero attached hydrogens (tertiary/aromatic N) is 3. The van der Waals surface area contributed by atoms with E-state index in [4.69, 9.17) is 0 Å². The second-order valence-electron chi connectivity index (χ2n) is 5.04. The normalized spacial score (nSPS) is 14.6. The molecule has 106 valence electrons. The highest BCUT2D eigenvalue weighted by atomic mass is 16.6. The molecule has 0 saturated heterocycles. The molecule has 1 aliphatic rings. The fraction of sp³-hybridized carbons (Fsp3) is 0.188. The van der Waals surface area contributed by atoms with Crippen LogP contribution in [0.15, 0.2) is 54.6 Å². The maximum atomic E-state index is 10.7. The first-order valence-corrected chi connectivity index (χ1v) is 6.82. The molecule has 2 aromatic carbocycles. The molecule has 2 aromatic rings. The molecule has 5 nitrogen and oxygen atoms in total. The van der Waals surface area contributed by atoms with Gasteiger partial charge in [0.25, 0.3) is 11.5 Å². The number of likely N-dealkylation sites (N-methyl/N-ethyl adjacent to an activating group) is 1. The van der Waals surface area contributed by atoms with Gasteiger partial charge in [0.2, 0.25) is 0 Å². The zero-order valence-electron chi connectivity index (χ0n) is 11.8. The van der Waals surface area contributed by atoms with Crippen LogP contribution >= 0.6 is 0 Å². The second-order valence-corrected chi connectivity index (χ2v) is 5.04. The first-order chi connectivity index (χ1) is 10.2. The Labute approximate surface area is 122 Å². The molecule has 21 heavy (non-hydrogen) atoms. The number of nitro benzene ring substituents is 1. The molecule has 0 unspecified atom stereocenters. The summed E-state index contributed by atoms with van der Waals surface area (Å²) in [6.07, 6.45) is 0. The van der Waals surface area contributed by atoms with Crippen LogP contribution in [0.5, 0.6) is 0 Å². The number of amidine groups is 1. The molecule has 0 radical (unpaired) electrons. The molecule has 0 spiro atoms. The second kappa shape index (κ2) is 5.36. The number of rotatable bonds is 3. The molecule has 0 amide bonds. The fourth-order valence-corrected chi connectivity index (χ4v) is 2.64. The monoisotopic (exact) mass is 282 g/mol. The van der Waals surface area contributed by atoms with Gasteiger partial charge >= 0.3 is 0 Å². The summed E-state index contributed by atoms with van der Waals surface area (Å²) < 4.78 is 2.21. The van der Waals surface area contributed by atoms with E-state index in [1.165, 1.54) is 0 Å². The van der Waals surface area contributed by atoms with Crippen LogP contribution in [0.25, 0.3) is 0 Å². The summed E-state index contributed by atoms with van der Waals surface area (Å²) >= 11 is 0. The Kier molecular flexibility index (Phi) is 3.39. The standard InChI is InChI=1S/C16H16N3O2/c1-17-11-12-18(16(17)13-5-3-2-4-6-13)14-7-9-15(10-8-14)19(20)21/h2-10H,11-12H2,1H3/q+1. The van der Waals surface area contributed by atoms with Crippen molar-refractivity contribution in [1.29, 1.82) is 0 Å². The molecule has 1 aliphatic heterocycles. The van der Waals surface area contributed by atoms with Gasteiger partial charge in [0, 0.05) is 12.1 Å². The van der Waals surface area contributed by atoms with Gasteiger partial charge in [0.1, 0.15) is 18.8 Å². The lowest BCUT2D eigenvalue weighted by molar-refractivity contribution is -0.485. The first-order valence-electron chi connectivity index (χ1n) is 6.82. The molecule has 1 heterocycles. The van der Waals surface area contributed by atoms with Crippen molar-refractivity contribution >= 4 is 17.2 Å². The third-order valence-corrected chi connectivity index (χ3v) is 3.68. The molecule has 0 N–H and O–H groups in total. The molecule has 0 aliphatic carbocycles.